The lowest BCUT2D eigenvalue weighted by Gasteiger charge is -2.19. The Bertz CT molecular complexity index is 764. The van der Waals surface area contributed by atoms with Crippen LogP contribution in [0.5, 0.6) is 0 Å². The molecule has 0 amide bonds. The number of benzene rings is 2. The van der Waals surface area contributed by atoms with Gasteiger partial charge in [-0.2, -0.15) is 0 Å². The third kappa shape index (κ3) is 2.33. The molecule has 110 valence electrons. The largest absolute Gasteiger partial charge is 0.510 e. The Morgan fingerprint density at radius 1 is 1.05 bits per heavy atom. The molecule has 0 aromatic heterocycles. The van der Waals surface area contributed by atoms with Crippen LogP contribution in [0.25, 0.3) is 5.57 Å². The summed E-state index contributed by atoms with van der Waals surface area (Å²) in [6.45, 7) is 0.204. The number of hydrogen-bond donors (Lipinski definition) is 3. The summed E-state index contributed by atoms with van der Waals surface area (Å²) in [5.41, 5.74) is 2.15. The van der Waals surface area contributed by atoms with Gasteiger partial charge >= 0.3 is 5.97 Å². The van der Waals surface area contributed by atoms with Crippen molar-refractivity contribution >= 4 is 23.1 Å². The standard InChI is InChI=1S/C17H14N2O3/c18-16-15(11-4-2-1-3-5-11)14(20)10-19(16)13-8-6-12(7-9-13)17(21)22/h1-9,18,20H,10H2,(H,21,22). The van der Waals surface area contributed by atoms with Crippen molar-refractivity contribution in [1.82, 2.24) is 0 Å². The molecular weight excluding hydrogens is 280 g/mol. The number of amidine groups is 1. The molecule has 2 aromatic rings. The van der Waals surface area contributed by atoms with Crippen molar-refractivity contribution in [1.29, 1.82) is 5.41 Å². The van der Waals surface area contributed by atoms with Crippen LogP contribution in [0.15, 0.2) is 60.4 Å². The fourth-order valence-electron chi connectivity index (χ4n) is 2.49. The number of carboxylic acids is 1. The molecule has 0 aliphatic carbocycles. The number of rotatable bonds is 3. The SMILES string of the molecule is N=C1C(c2ccccc2)=C(O)CN1c1ccc(C(=O)O)cc1. The average molecular weight is 294 g/mol. The van der Waals surface area contributed by atoms with Crippen LogP contribution in [-0.4, -0.2) is 28.6 Å². The number of carbonyl (C=O) groups is 1. The third-order valence-corrected chi connectivity index (χ3v) is 3.59. The molecule has 0 fully saturated rings. The quantitative estimate of drug-likeness (QED) is 0.812. The lowest BCUT2D eigenvalue weighted by atomic mass is 10.1. The number of aromatic carboxylic acids is 1. The maximum absolute atomic E-state index is 10.9. The number of aliphatic hydroxyl groups is 1. The fraction of sp³-hybridized carbons (Fsp3) is 0.0588. The van der Waals surface area contributed by atoms with Crippen LogP contribution in [0.4, 0.5) is 5.69 Å². The van der Waals surface area contributed by atoms with Crippen molar-refractivity contribution in [3.63, 3.8) is 0 Å². The van der Waals surface area contributed by atoms with Gasteiger partial charge in [0.1, 0.15) is 11.6 Å². The molecule has 0 bridgehead atoms. The predicted octanol–water partition coefficient (Wildman–Crippen LogP) is 3.15. The summed E-state index contributed by atoms with van der Waals surface area (Å²) in [6.07, 6.45) is 0. The van der Waals surface area contributed by atoms with Gasteiger partial charge < -0.3 is 15.1 Å². The molecule has 2 aromatic carbocycles. The highest BCUT2D eigenvalue weighted by Gasteiger charge is 2.29. The Balaban J connectivity index is 1.90. The van der Waals surface area contributed by atoms with E-state index in [0.29, 0.717) is 11.3 Å². The smallest absolute Gasteiger partial charge is 0.335 e. The molecule has 0 radical (unpaired) electrons. The second kappa shape index (κ2) is 5.37. The van der Waals surface area contributed by atoms with Gasteiger partial charge in [0.05, 0.1) is 17.7 Å². The summed E-state index contributed by atoms with van der Waals surface area (Å²) >= 11 is 0. The predicted molar refractivity (Wildman–Crippen MR) is 84.5 cm³/mol. The molecule has 1 aliphatic heterocycles. The van der Waals surface area contributed by atoms with Crippen LogP contribution in [0.1, 0.15) is 15.9 Å². The van der Waals surface area contributed by atoms with Gasteiger partial charge in [0.15, 0.2) is 0 Å². The molecule has 0 unspecified atom stereocenters. The van der Waals surface area contributed by atoms with E-state index in [1.165, 1.54) is 12.1 Å². The third-order valence-electron chi connectivity index (χ3n) is 3.59. The Kier molecular flexibility index (Phi) is 3.39. The summed E-state index contributed by atoms with van der Waals surface area (Å²) in [4.78, 5) is 12.5. The fourth-order valence-corrected chi connectivity index (χ4v) is 2.49. The minimum Gasteiger partial charge on any atom is -0.510 e. The molecule has 5 heteroatoms. The summed E-state index contributed by atoms with van der Waals surface area (Å²) in [5.74, 6) is -0.653. The molecule has 1 aliphatic rings. The summed E-state index contributed by atoms with van der Waals surface area (Å²) in [6, 6.07) is 15.5. The molecule has 0 atom stereocenters. The lowest BCUT2D eigenvalue weighted by Crippen LogP contribution is -2.26. The minimum atomic E-state index is -0.992. The summed E-state index contributed by atoms with van der Waals surface area (Å²) in [5, 5.41) is 27.4. The van der Waals surface area contributed by atoms with Crippen molar-refractivity contribution in [2.45, 2.75) is 0 Å². The number of anilines is 1. The van der Waals surface area contributed by atoms with Gasteiger partial charge in [-0.25, -0.2) is 4.79 Å². The van der Waals surface area contributed by atoms with E-state index in [0.717, 1.165) is 5.56 Å². The molecule has 3 N–H and O–H groups in total. The molecule has 5 nitrogen and oxygen atoms in total. The van der Waals surface area contributed by atoms with E-state index in [9.17, 15) is 9.90 Å². The van der Waals surface area contributed by atoms with Crippen LogP contribution < -0.4 is 4.90 Å². The first-order chi connectivity index (χ1) is 10.6. The average Bonchev–Trinajstić information content (AvgIpc) is 2.83. The number of aliphatic hydroxyl groups excluding tert-OH is 1. The van der Waals surface area contributed by atoms with E-state index in [2.05, 4.69) is 0 Å². The zero-order chi connectivity index (χ0) is 15.7. The number of hydrogen-bond acceptors (Lipinski definition) is 3. The Hall–Kier alpha value is -3.08. The minimum absolute atomic E-state index is 0.138. The Morgan fingerprint density at radius 2 is 1.68 bits per heavy atom. The van der Waals surface area contributed by atoms with Crippen molar-refractivity contribution < 1.29 is 15.0 Å². The zero-order valence-electron chi connectivity index (χ0n) is 11.7. The first-order valence-electron chi connectivity index (χ1n) is 6.75. The van der Waals surface area contributed by atoms with E-state index in [-0.39, 0.29) is 23.7 Å². The first-order valence-corrected chi connectivity index (χ1v) is 6.75. The van der Waals surface area contributed by atoms with Crippen LogP contribution in [0, 0.1) is 5.41 Å². The maximum Gasteiger partial charge on any atom is 0.335 e. The zero-order valence-corrected chi connectivity index (χ0v) is 11.7. The van der Waals surface area contributed by atoms with Crippen molar-refractivity contribution in [3.05, 3.63) is 71.5 Å². The second-order valence-electron chi connectivity index (χ2n) is 4.97. The Labute approximate surface area is 127 Å². The van der Waals surface area contributed by atoms with E-state index in [1.807, 2.05) is 30.3 Å². The molecule has 3 rings (SSSR count). The molecule has 1 heterocycles. The van der Waals surface area contributed by atoms with E-state index in [1.54, 1.807) is 17.0 Å². The van der Waals surface area contributed by atoms with Gasteiger partial charge in [-0.15, -0.1) is 0 Å². The van der Waals surface area contributed by atoms with Crippen LogP contribution in [0.3, 0.4) is 0 Å². The number of carboxylic acid groups (broad SMARTS) is 1. The van der Waals surface area contributed by atoms with E-state index >= 15 is 0 Å². The molecule has 0 spiro atoms. The van der Waals surface area contributed by atoms with Gasteiger partial charge in [0, 0.05) is 5.69 Å². The normalized spacial score (nSPS) is 14.5. The van der Waals surface area contributed by atoms with Crippen LogP contribution >= 0.6 is 0 Å². The van der Waals surface area contributed by atoms with Crippen LogP contribution in [-0.2, 0) is 0 Å². The highest BCUT2D eigenvalue weighted by molar-refractivity contribution is 6.30. The first kappa shape index (κ1) is 13.9. The van der Waals surface area contributed by atoms with Crippen LogP contribution in [0.2, 0.25) is 0 Å². The summed E-state index contributed by atoms with van der Waals surface area (Å²) in [7, 11) is 0. The number of nitrogens with zero attached hydrogens (tertiary/aromatic N) is 1. The van der Waals surface area contributed by atoms with E-state index < -0.39 is 5.97 Å². The monoisotopic (exact) mass is 294 g/mol. The van der Waals surface area contributed by atoms with Gasteiger partial charge in [0.2, 0.25) is 0 Å². The molecular formula is C17H14N2O3. The topological polar surface area (TPSA) is 84.6 Å². The second-order valence-corrected chi connectivity index (χ2v) is 4.97. The van der Waals surface area contributed by atoms with Gasteiger partial charge in [-0.3, -0.25) is 5.41 Å². The molecule has 0 saturated carbocycles. The lowest BCUT2D eigenvalue weighted by molar-refractivity contribution is 0.0697. The van der Waals surface area contributed by atoms with Gasteiger partial charge in [0.25, 0.3) is 0 Å². The Morgan fingerprint density at radius 3 is 2.27 bits per heavy atom. The molecule has 0 saturated heterocycles. The van der Waals surface area contributed by atoms with Crippen molar-refractivity contribution in [2.75, 3.05) is 11.4 Å². The highest BCUT2D eigenvalue weighted by atomic mass is 16.4. The van der Waals surface area contributed by atoms with Crippen molar-refractivity contribution in [3.8, 4) is 0 Å². The highest BCUT2D eigenvalue weighted by Crippen LogP contribution is 2.30. The summed E-state index contributed by atoms with van der Waals surface area (Å²) < 4.78 is 0. The van der Waals surface area contributed by atoms with Gasteiger partial charge in [-0.05, 0) is 29.8 Å². The van der Waals surface area contributed by atoms with Gasteiger partial charge in [-0.1, -0.05) is 30.3 Å². The number of nitrogens with one attached hydrogen (secondary N) is 1. The van der Waals surface area contributed by atoms with E-state index in [4.69, 9.17) is 10.5 Å². The molecule has 22 heavy (non-hydrogen) atoms. The maximum atomic E-state index is 10.9. The van der Waals surface area contributed by atoms with Crippen molar-refractivity contribution in [2.24, 2.45) is 0 Å².